The Bertz CT molecular complexity index is 1510. The quantitative estimate of drug-likeness (QED) is 0.319. The highest BCUT2D eigenvalue weighted by Crippen LogP contribution is 2.61. The van der Waals surface area contributed by atoms with Gasteiger partial charge in [-0.05, 0) is 66.7 Å². The van der Waals surface area contributed by atoms with E-state index in [1.165, 1.54) is 0 Å². The standard InChI is InChI=1S/C29H32F3N7/c1-18(28-9-22(10-28)25(30)11-28)34-13-23-7-20-3-2-19(6-26(20)36-23)15-39-17-35-27(37-39)21-8-24(14-33-12-21)38-5-4-29(31,32)16-38/h2-3,6-8,12,14,17-18,22,25,34,36H,4-5,9-11,13,15-16H2,1H3/t18?,22?,25-,28?/m0/s1. The summed E-state index contributed by atoms with van der Waals surface area (Å²) in [5.74, 6) is -1.87. The highest BCUT2D eigenvalue weighted by atomic mass is 19.3. The Morgan fingerprint density at radius 3 is 2.79 bits per heavy atom. The maximum atomic E-state index is 14.0. The van der Waals surface area contributed by atoms with Crippen molar-refractivity contribution >= 4 is 16.6 Å². The van der Waals surface area contributed by atoms with Crippen molar-refractivity contribution in [3.8, 4) is 11.4 Å². The second-order valence-corrected chi connectivity index (χ2v) is 11.8. The van der Waals surface area contributed by atoms with Crippen molar-refractivity contribution in [3.63, 3.8) is 0 Å². The van der Waals surface area contributed by atoms with Gasteiger partial charge in [0, 0.05) is 48.5 Å². The lowest BCUT2D eigenvalue weighted by atomic mass is 9.65. The summed E-state index contributed by atoms with van der Waals surface area (Å²) in [6.07, 6.45) is 6.91. The van der Waals surface area contributed by atoms with Gasteiger partial charge in [-0.2, -0.15) is 5.10 Å². The first kappa shape index (κ1) is 24.6. The van der Waals surface area contributed by atoms with Crippen molar-refractivity contribution in [2.45, 2.75) is 63.8 Å². The molecule has 3 aliphatic carbocycles. The molecule has 7 nitrogen and oxygen atoms in total. The van der Waals surface area contributed by atoms with Gasteiger partial charge in [-0.1, -0.05) is 12.1 Å². The number of aromatic amines is 1. The molecule has 2 atom stereocenters. The van der Waals surface area contributed by atoms with Gasteiger partial charge in [0.15, 0.2) is 5.82 Å². The first-order valence-corrected chi connectivity index (χ1v) is 13.7. The average molecular weight is 536 g/mol. The Morgan fingerprint density at radius 2 is 2.03 bits per heavy atom. The molecule has 1 saturated heterocycles. The van der Waals surface area contributed by atoms with E-state index in [2.05, 4.69) is 56.6 Å². The maximum absolute atomic E-state index is 14.0. The maximum Gasteiger partial charge on any atom is 0.266 e. The van der Waals surface area contributed by atoms with Gasteiger partial charge >= 0.3 is 0 Å². The van der Waals surface area contributed by atoms with E-state index in [4.69, 9.17) is 0 Å². The molecule has 39 heavy (non-hydrogen) atoms. The zero-order valence-electron chi connectivity index (χ0n) is 21.9. The second kappa shape index (κ2) is 9.08. The fraction of sp³-hybridized carbons (Fsp3) is 0.483. The number of hydrogen-bond donors (Lipinski definition) is 2. The molecule has 2 bridgehead atoms. The lowest BCUT2D eigenvalue weighted by molar-refractivity contribution is 0.0257. The summed E-state index contributed by atoms with van der Waals surface area (Å²) in [5, 5.41) is 9.39. The van der Waals surface area contributed by atoms with E-state index in [0.717, 1.165) is 41.5 Å². The normalized spacial score (nSPS) is 26.3. The minimum atomic E-state index is -2.67. The number of nitrogens with zero attached hydrogens (tertiary/aromatic N) is 5. The fourth-order valence-electron chi connectivity index (χ4n) is 6.77. The van der Waals surface area contributed by atoms with Crippen LogP contribution < -0.4 is 10.2 Å². The topological polar surface area (TPSA) is 74.7 Å². The third-order valence-electron chi connectivity index (χ3n) is 9.11. The molecule has 1 aliphatic heterocycles. The predicted octanol–water partition coefficient (Wildman–Crippen LogP) is 5.33. The van der Waals surface area contributed by atoms with E-state index in [1.807, 2.05) is 6.07 Å². The summed E-state index contributed by atoms with van der Waals surface area (Å²) in [7, 11) is 0. The Balaban J connectivity index is 1.01. The SMILES string of the molecule is CC(NCc1cc2ccc(Cn3cnc(-c4cncc(N5CCC(F)(F)C5)c4)n3)cc2[nH]1)C12CC(C1)[C@@H](F)C2. The van der Waals surface area contributed by atoms with Gasteiger partial charge in [0.25, 0.3) is 5.92 Å². The van der Waals surface area contributed by atoms with Crippen LogP contribution in [0, 0.1) is 11.3 Å². The third-order valence-corrected chi connectivity index (χ3v) is 9.11. The van der Waals surface area contributed by atoms with E-state index in [1.54, 1.807) is 28.3 Å². The van der Waals surface area contributed by atoms with E-state index < -0.39 is 12.1 Å². The summed E-state index contributed by atoms with van der Waals surface area (Å²) >= 11 is 0. The Kier molecular flexibility index (Phi) is 5.73. The van der Waals surface area contributed by atoms with Crippen LogP contribution in [0.2, 0.25) is 0 Å². The lowest BCUT2D eigenvalue weighted by Crippen LogP contribution is -2.46. The molecule has 3 aromatic heterocycles. The minimum Gasteiger partial charge on any atom is -0.364 e. The number of anilines is 1. The molecule has 4 heterocycles. The van der Waals surface area contributed by atoms with Crippen molar-refractivity contribution < 1.29 is 13.2 Å². The van der Waals surface area contributed by atoms with E-state index >= 15 is 0 Å². The number of pyridine rings is 1. The molecular weight excluding hydrogens is 503 g/mol. The molecule has 1 aromatic carbocycles. The number of nitrogens with one attached hydrogen (secondary N) is 2. The van der Waals surface area contributed by atoms with Crippen LogP contribution in [0.3, 0.4) is 0 Å². The van der Waals surface area contributed by atoms with Gasteiger partial charge in [0.05, 0.1) is 25.0 Å². The van der Waals surface area contributed by atoms with Gasteiger partial charge in [-0.3, -0.25) is 4.98 Å². The number of rotatable bonds is 8. The molecule has 10 heteroatoms. The molecule has 0 amide bonds. The summed E-state index contributed by atoms with van der Waals surface area (Å²) in [6, 6.07) is 10.6. The van der Waals surface area contributed by atoms with Crippen molar-refractivity contribution in [2.75, 3.05) is 18.0 Å². The minimum absolute atomic E-state index is 0.139. The molecule has 8 rings (SSSR count). The zero-order valence-corrected chi connectivity index (χ0v) is 21.9. The predicted molar refractivity (Wildman–Crippen MR) is 143 cm³/mol. The monoisotopic (exact) mass is 535 g/mol. The van der Waals surface area contributed by atoms with Crippen LogP contribution in [0.25, 0.3) is 22.3 Å². The van der Waals surface area contributed by atoms with Gasteiger partial charge < -0.3 is 15.2 Å². The molecule has 204 valence electrons. The van der Waals surface area contributed by atoms with Crippen LogP contribution in [-0.2, 0) is 13.1 Å². The number of alkyl halides is 3. The van der Waals surface area contributed by atoms with Gasteiger partial charge in [0.2, 0.25) is 0 Å². The third kappa shape index (κ3) is 4.58. The van der Waals surface area contributed by atoms with E-state index in [-0.39, 0.29) is 24.3 Å². The second-order valence-electron chi connectivity index (χ2n) is 11.8. The average Bonchev–Trinajstić information content (AvgIpc) is 3.70. The number of hydrogen-bond acceptors (Lipinski definition) is 5. The van der Waals surface area contributed by atoms with Gasteiger partial charge in [-0.15, -0.1) is 0 Å². The molecule has 3 saturated carbocycles. The molecule has 4 aliphatic rings. The first-order valence-electron chi connectivity index (χ1n) is 13.7. The van der Waals surface area contributed by atoms with Crippen molar-refractivity contribution in [2.24, 2.45) is 11.3 Å². The van der Waals surface area contributed by atoms with E-state index in [0.29, 0.717) is 42.6 Å². The fourth-order valence-corrected chi connectivity index (χ4v) is 6.77. The summed E-state index contributed by atoms with van der Waals surface area (Å²) in [6.45, 7) is 3.48. The van der Waals surface area contributed by atoms with E-state index in [9.17, 15) is 13.2 Å². The summed E-state index contributed by atoms with van der Waals surface area (Å²) in [4.78, 5) is 13.9. The molecule has 4 fully saturated rings. The zero-order chi connectivity index (χ0) is 26.8. The molecule has 0 spiro atoms. The van der Waals surface area contributed by atoms with Crippen LogP contribution in [0.5, 0.6) is 0 Å². The molecule has 0 radical (unpaired) electrons. The number of fused-ring (bicyclic) bond motifs is 2. The van der Waals surface area contributed by atoms with Crippen LogP contribution >= 0.6 is 0 Å². The molecule has 1 unspecified atom stereocenters. The molecular formula is C29H32F3N7. The Hall–Kier alpha value is -3.40. The van der Waals surface area contributed by atoms with Gasteiger partial charge in [0.1, 0.15) is 12.5 Å². The van der Waals surface area contributed by atoms with Crippen LogP contribution in [0.15, 0.2) is 49.1 Å². The first-order chi connectivity index (χ1) is 18.8. The Morgan fingerprint density at radius 1 is 1.15 bits per heavy atom. The largest absolute Gasteiger partial charge is 0.364 e. The summed E-state index contributed by atoms with van der Waals surface area (Å²) < 4.78 is 43.1. The highest BCUT2D eigenvalue weighted by Gasteiger charge is 2.58. The van der Waals surface area contributed by atoms with Crippen molar-refractivity contribution in [1.82, 2.24) is 30.0 Å². The number of halogens is 3. The van der Waals surface area contributed by atoms with Gasteiger partial charge in [-0.25, -0.2) is 22.8 Å². The number of H-pyrrole nitrogens is 1. The Labute approximate surface area is 224 Å². The van der Waals surface area contributed by atoms with Crippen molar-refractivity contribution in [3.05, 3.63) is 60.3 Å². The summed E-state index contributed by atoms with van der Waals surface area (Å²) in [5.41, 5.74) is 4.75. The highest BCUT2D eigenvalue weighted by molar-refractivity contribution is 5.81. The van der Waals surface area contributed by atoms with Crippen molar-refractivity contribution in [1.29, 1.82) is 0 Å². The van der Waals surface area contributed by atoms with Crippen LogP contribution in [0.1, 0.15) is 43.9 Å². The lowest BCUT2D eigenvalue weighted by Gasteiger charge is -2.43. The number of benzene rings is 1. The number of aromatic nitrogens is 5. The molecule has 4 aromatic rings. The smallest absolute Gasteiger partial charge is 0.266 e. The van der Waals surface area contributed by atoms with Crippen LogP contribution in [0.4, 0.5) is 18.9 Å². The van der Waals surface area contributed by atoms with Crippen LogP contribution in [-0.4, -0.2) is 56.0 Å². The molecule has 2 N–H and O–H groups in total.